The van der Waals surface area contributed by atoms with Crippen molar-refractivity contribution in [2.75, 3.05) is 80.1 Å². The lowest BCUT2D eigenvalue weighted by Gasteiger charge is -2.41. The lowest BCUT2D eigenvalue weighted by molar-refractivity contribution is 0.184. The Kier molecular flexibility index (Phi) is 8.91. The van der Waals surface area contributed by atoms with Gasteiger partial charge in [0.1, 0.15) is 6.07 Å². The maximum Gasteiger partial charge on any atom is 0.101 e. The van der Waals surface area contributed by atoms with E-state index >= 15 is 0 Å². The standard InChI is InChI=1S/C30H39ClN6.C2H6/c1-23-17-30(22-37(23)28-3-2-25(18-32)29(31)16-28)8-10-35(11-9-30)26-4-6-27(7-5-26)36-14-12-34(13-15-36)21-24-19-33-20-24;1-2/h2-7,16,23-24,33H,8-15,17,19-22H2,1H3;1-2H3. The first-order valence-corrected chi connectivity index (χ1v) is 15.4. The second-order valence-corrected chi connectivity index (χ2v) is 12.2. The van der Waals surface area contributed by atoms with Crippen molar-refractivity contribution in [3.63, 3.8) is 0 Å². The van der Waals surface area contributed by atoms with Crippen LogP contribution in [-0.2, 0) is 0 Å². The van der Waals surface area contributed by atoms with Crippen LogP contribution in [0.3, 0.4) is 0 Å². The van der Waals surface area contributed by atoms with Crippen LogP contribution in [0.1, 0.15) is 45.6 Å². The van der Waals surface area contributed by atoms with Crippen LogP contribution in [0.4, 0.5) is 17.1 Å². The van der Waals surface area contributed by atoms with E-state index in [9.17, 15) is 5.26 Å². The number of rotatable bonds is 5. The van der Waals surface area contributed by atoms with Gasteiger partial charge in [0, 0.05) is 88.6 Å². The van der Waals surface area contributed by atoms with Crippen molar-refractivity contribution in [2.45, 2.75) is 46.1 Å². The molecule has 6 rings (SSSR count). The van der Waals surface area contributed by atoms with E-state index in [4.69, 9.17) is 11.6 Å². The third-order valence-corrected chi connectivity index (χ3v) is 9.64. The number of nitrogens with one attached hydrogen (secondary N) is 1. The second-order valence-electron chi connectivity index (χ2n) is 11.8. The normalized spacial score (nSPS) is 23.3. The molecule has 4 aliphatic heterocycles. The van der Waals surface area contributed by atoms with Gasteiger partial charge in [-0.1, -0.05) is 25.4 Å². The molecule has 0 bridgehead atoms. The Hall–Kier alpha value is -2.46. The summed E-state index contributed by atoms with van der Waals surface area (Å²) in [6, 6.07) is 17.9. The van der Waals surface area contributed by atoms with Gasteiger partial charge in [-0.2, -0.15) is 5.26 Å². The van der Waals surface area contributed by atoms with E-state index in [-0.39, 0.29) is 0 Å². The summed E-state index contributed by atoms with van der Waals surface area (Å²) in [6.45, 7) is 17.9. The molecule has 4 aliphatic rings. The van der Waals surface area contributed by atoms with Crippen molar-refractivity contribution in [3.05, 3.63) is 53.1 Å². The van der Waals surface area contributed by atoms with Crippen molar-refractivity contribution in [2.24, 2.45) is 11.3 Å². The van der Waals surface area contributed by atoms with Crippen molar-refractivity contribution in [1.29, 1.82) is 5.26 Å². The summed E-state index contributed by atoms with van der Waals surface area (Å²) in [5.74, 6) is 0.861. The first-order chi connectivity index (χ1) is 19.0. The lowest BCUT2D eigenvalue weighted by atomic mass is 9.76. The molecule has 4 fully saturated rings. The zero-order chi connectivity index (χ0) is 27.4. The van der Waals surface area contributed by atoms with E-state index < -0.39 is 0 Å². The topological polar surface area (TPSA) is 48.8 Å². The molecule has 0 aromatic heterocycles. The second kappa shape index (κ2) is 12.4. The first kappa shape index (κ1) is 28.1. The monoisotopic (exact) mass is 548 g/mol. The Bertz CT molecular complexity index is 1120. The molecular formula is C32H45ClN6. The van der Waals surface area contributed by atoms with E-state index in [1.165, 1.54) is 63.4 Å². The van der Waals surface area contributed by atoms with Crippen LogP contribution < -0.4 is 20.0 Å². The highest BCUT2D eigenvalue weighted by molar-refractivity contribution is 6.32. The molecule has 4 saturated heterocycles. The van der Waals surface area contributed by atoms with Crippen molar-refractivity contribution >= 4 is 28.7 Å². The minimum Gasteiger partial charge on any atom is -0.371 e. The zero-order valence-corrected chi connectivity index (χ0v) is 24.8. The molecule has 1 spiro atoms. The molecule has 0 radical (unpaired) electrons. The molecule has 0 saturated carbocycles. The molecular weight excluding hydrogens is 504 g/mol. The lowest BCUT2D eigenvalue weighted by Crippen LogP contribution is -2.53. The Morgan fingerprint density at radius 3 is 2.03 bits per heavy atom. The zero-order valence-electron chi connectivity index (χ0n) is 24.0. The molecule has 39 heavy (non-hydrogen) atoms. The van der Waals surface area contributed by atoms with Crippen LogP contribution in [0.2, 0.25) is 5.02 Å². The highest BCUT2D eigenvalue weighted by Gasteiger charge is 2.44. The van der Waals surface area contributed by atoms with Crippen LogP contribution in [0, 0.1) is 22.7 Å². The number of hydrogen-bond donors (Lipinski definition) is 1. The molecule has 2 aromatic carbocycles. The number of nitriles is 1. The van der Waals surface area contributed by atoms with Crippen LogP contribution in [0.15, 0.2) is 42.5 Å². The maximum atomic E-state index is 9.21. The fraction of sp³-hybridized carbons (Fsp3) is 0.594. The summed E-state index contributed by atoms with van der Waals surface area (Å²) in [5, 5.41) is 13.2. The largest absolute Gasteiger partial charge is 0.371 e. The number of nitrogens with zero attached hydrogens (tertiary/aromatic N) is 5. The van der Waals surface area contributed by atoms with Crippen LogP contribution >= 0.6 is 11.6 Å². The highest BCUT2D eigenvalue weighted by Crippen LogP contribution is 2.46. The molecule has 6 nitrogen and oxygen atoms in total. The summed E-state index contributed by atoms with van der Waals surface area (Å²) < 4.78 is 0. The van der Waals surface area contributed by atoms with Gasteiger partial charge in [0.25, 0.3) is 0 Å². The maximum absolute atomic E-state index is 9.21. The minimum absolute atomic E-state index is 0.367. The average molecular weight is 549 g/mol. The van der Waals surface area contributed by atoms with E-state index in [1.807, 2.05) is 26.0 Å². The van der Waals surface area contributed by atoms with Gasteiger partial charge < -0.3 is 20.0 Å². The number of piperazine rings is 1. The molecule has 7 heteroatoms. The van der Waals surface area contributed by atoms with Crippen molar-refractivity contribution < 1.29 is 0 Å². The van der Waals surface area contributed by atoms with Gasteiger partial charge in [-0.25, -0.2) is 0 Å². The van der Waals surface area contributed by atoms with Gasteiger partial charge in [0.05, 0.1) is 10.6 Å². The molecule has 210 valence electrons. The molecule has 1 N–H and O–H groups in total. The molecule has 0 aliphatic carbocycles. The van der Waals surface area contributed by atoms with E-state index in [0.29, 0.717) is 22.0 Å². The molecule has 1 atom stereocenters. The number of benzene rings is 2. The van der Waals surface area contributed by atoms with Gasteiger partial charge in [-0.15, -0.1) is 0 Å². The Balaban J connectivity index is 0.00000151. The van der Waals surface area contributed by atoms with Crippen LogP contribution in [-0.4, -0.2) is 76.4 Å². The summed E-state index contributed by atoms with van der Waals surface area (Å²) in [7, 11) is 0. The summed E-state index contributed by atoms with van der Waals surface area (Å²) >= 11 is 6.35. The van der Waals surface area contributed by atoms with Gasteiger partial charge in [-0.3, -0.25) is 4.90 Å². The number of hydrogen-bond acceptors (Lipinski definition) is 6. The Morgan fingerprint density at radius 1 is 0.897 bits per heavy atom. The fourth-order valence-corrected chi connectivity index (χ4v) is 7.16. The SMILES string of the molecule is CC.CC1CC2(CCN(c3ccc(N4CCN(CC5CNC5)CC4)cc3)CC2)CN1c1ccc(C#N)c(Cl)c1. The molecule has 1 unspecified atom stereocenters. The van der Waals surface area contributed by atoms with Gasteiger partial charge in [0.15, 0.2) is 0 Å². The first-order valence-electron chi connectivity index (χ1n) is 15.0. The van der Waals surface area contributed by atoms with Crippen LogP contribution in [0.25, 0.3) is 0 Å². The van der Waals surface area contributed by atoms with Crippen LogP contribution in [0.5, 0.6) is 0 Å². The van der Waals surface area contributed by atoms with Crippen molar-refractivity contribution in [1.82, 2.24) is 10.2 Å². The predicted octanol–water partition coefficient (Wildman–Crippen LogP) is 5.46. The smallest absolute Gasteiger partial charge is 0.101 e. The fourth-order valence-electron chi connectivity index (χ4n) is 6.94. The van der Waals surface area contributed by atoms with E-state index in [1.54, 1.807) is 0 Å². The third-order valence-electron chi connectivity index (χ3n) is 9.33. The predicted molar refractivity (Wildman–Crippen MR) is 164 cm³/mol. The highest BCUT2D eigenvalue weighted by atomic mass is 35.5. The van der Waals surface area contributed by atoms with Gasteiger partial charge >= 0.3 is 0 Å². The summed E-state index contributed by atoms with van der Waals surface area (Å²) in [5.41, 5.74) is 4.79. The molecule has 0 amide bonds. The van der Waals surface area contributed by atoms with Gasteiger partial charge in [-0.05, 0) is 80.0 Å². The summed E-state index contributed by atoms with van der Waals surface area (Å²) in [4.78, 5) is 10.3. The molecule has 4 heterocycles. The number of piperidine rings is 1. The molecule has 2 aromatic rings. The van der Waals surface area contributed by atoms with E-state index in [2.05, 4.69) is 68.2 Å². The number of anilines is 3. The number of halogens is 1. The summed E-state index contributed by atoms with van der Waals surface area (Å²) in [6.07, 6.45) is 3.66. The average Bonchev–Trinajstić information content (AvgIpc) is 3.28. The Morgan fingerprint density at radius 2 is 1.49 bits per heavy atom. The minimum atomic E-state index is 0.367. The Labute approximate surface area is 240 Å². The third kappa shape index (κ3) is 6.16. The van der Waals surface area contributed by atoms with Crippen molar-refractivity contribution in [3.8, 4) is 6.07 Å². The van der Waals surface area contributed by atoms with Gasteiger partial charge in [0.2, 0.25) is 0 Å². The quantitative estimate of drug-likeness (QED) is 0.535. The van der Waals surface area contributed by atoms with E-state index in [0.717, 1.165) is 44.3 Å².